The number of nitrogens with two attached hydrogens (primary N) is 1. The molecule has 1 aromatic rings. The van der Waals surface area contributed by atoms with Crippen LogP contribution < -0.4 is 10.2 Å². The number of amides is 2. The topological polar surface area (TPSA) is 83.5 Å². The quantitative estimate of drug-likeness (QED) is 0.573. The smallest absolute Gasteiger partial charge is 0.368 e. The minimum Gasteiger partial charge on any atom is -0.461 e. The number of carbonyl (C=O) groups is 3. The maximum absolute atomic E-state index is 13.1. The van der Waals surface area contributed by atoms with Crippen molar-refractivity contribution < 1.29 is 24.4 Å². The number of ether oxygens (including phenoxy) is 1. The lowest BCUT2D eigenvalue weighted by molar-refractivity contribution is -0.734. The van der Waals surface area contributed by atoms with Crippen LogP contribution in [0.25, 0.3) is 0 Å². The fraction of sp³-hybridized carbons (Fsp3) is 0.571. The Bertz CT molecular complexity index is 776. The Labute approximate surface area is 166 Å². The summed E-state index contributed by atoms with van der Waals surface area (Å²) in [6.45, 7) is 5.99. The molecule has 0 aromatic heterocycles. The highest BCUT2D eigenvalue weighted by Crippen LogP contribution is 2.45. The van der Waals surface area contributed by atoms with E-state index in [1.807, 2.05) is 55.5 Å². The van der Waals surface area contributed by atoms with Crippen LogP contribution >= 0.6 is 0 Å². The molecule has 2 fully saturated rings. The zero-order valence-corrected chi connectivity index (χ0v) is 17.3. The van der Waals surface area contributed by atoms with E-state index in [1.165, 1.54) is 4.90 Å². The van der Waals surface area contributed by atoms with Gasteiger partial charge >= 0.3 is 5.97 Å². The van der Waals surface area contributed by atoms with E-state index in [2.05, 4.69) is 0 Å². The molecule has 7 heteroatoms. The fourth-order valence-electron chi connectivity index (χ4n) is 4.73. The van der Waals surface area contributed by atoms with Crippen LogP contribution in [-0.4, -0.2) is 55.5 Å². The van der Waals surface area contributed by atoms with Gasteiger partial charge in [-0.2, -0.15) is 0 Å². The predicted octanol–water partition coefficient (Wildman–Crippen LogP) is 0.704. The second kappa shape index (κ2) is 7.54. The third kappa shape index (κ3) is 2.89. The Morgan fingerprint density at radius 1 is 1.14 bits per heavy atom. The number of nitrogens with zero attached hydrogens (tertiary/aromatic N) is 2. The SMILES string of the molecule is CCOC(=O)[C@@]1(CC)[NH2+][C@@H](c2ccc(N(C)C)cc2)[C@H]2C(=O)N(CC)C(=O)[C@@H]21. The van der Waals surface area contributed by atoms with E-state index >= 15 is 0 Å². The van der Waals surface area contributed by atoms with Gasteiger partial charge in [0.1, 0.15) is 17.9 Å². The first-order valence-electron chi connectivity index (χ1n) is 9.98. The van der Waals surface area contributed by atoms with Crippen molar-refractivity contribution in [2.45, 2.75) is 38.8 Å². The maximum atomic E-state index is 13.1. The number of carbonyl (C=O) groups excluding carboxylic acids is 3. The van der Waals surface area contributed by atoms with E-state index in [4.69, 9.17) is 4.74 Å². The average Bonchev–Trinajstić information content (AvgIpc) is 3.16. The van der Waals surface area contributed by atoms with Crippen molar-refractivity contribution in [3.63, 3.8) is 0 Å². The van der Waals surface area contributed by atoms with Gasteiger partial charge in [-0.15, -0.1) is 0 Å². The molecule has 7 nitrogen and oxygen atoms in total. The Morgan fingerprint density at radius 2 is 1.79 bits per heavy atom. The molecule has 152 valence electrons. The van der Waals surface area contributed by atoms with E-state index in [1.54, 1.807) is 13.8 Å². The van der Waals surface area contributed by atoms with Gasteiger partial charge in [-0.25, -0.2) is 4.79 Å². The second-order valence-corrected chi connectivity index (χ2v) is 7.72. The summed E-state index contributed by atoms with van der Waals surface area (Å²) in [4.78, 5) is 42.5. The molecule has 2 N–H and O–H groups in total. The van der Waals surface area contributed by atoms with Crippen molar-refractivity contribution >= 4 is 23.5 Å². The highest BCUT2D eigenvalue weighted by molar-refractivity contribution is 6.08. The molecule has 28 heavy (non-hydrogen) atoms. The van der Waals surface area contributed by atoms with E-state index in [0.717, 1.165) is 11.3 Å². The van der Waals surface area contributed by atoms with Gasteiger partial charge in [0.25, 0.3) is 0 Å². The monoisotopic (exact) mass is 388 g/mol. The number of anilines is 1. The molecular weight excluding hydrogens is 358 g/mol. The number of hydrogen-bond acceptors (Lipinski definition) is 5. The predicted molar refractivity (Wildman–Crippen MR) is 104 cm³/mol. The molecule has 0 spiro atoms. The van der Waals surface area contributed by atoms with Crippen molar-refractivity contribution in [1.29, 1.82) is 0 Å². The maximum Gasteiger partial charge on any atom is 0.368 e. The second-order valence-electron chi connectivity index (χ2n) is 7.72. The molecule has 2 saturated heterocycles. The molecule has 0 unspecified atom stereocenters. The highest BCUT2D eigenvalue weighted by Gasteiger charge is 2.71. The van der Waals surface area contributed by atoms with Crippen LogP contribution in [0.3, 0.4) is 0 Å². The van der Waals surface area contributed by atoms with E-state index in [0.29, 0.717) is 13.0 Å². The van der Waals surface area contributed by atoms with Crippen molar-refractivity contribution in [3.8, 4) is 0 Å². The van der Waals surface area contributed by atoms with Gasteiger partial charge in [-0.1, -0.05) is 19.1 Å². The summed E-state index contributed by atoms with van der Waals surface area (Å²) in [7, 11) is 3.93. The molecule has 2 aliphatic heterocycles. The number of fused-ring (bicyclic) bond motifs is 1. The zero-order chi connectivity index (χ0) is 20.6. The minimum atomic E-state index is -1.07. The summed E-state index contributed by atoms with van der Waals surface area (Å²) in [6.07, 6.45) is 0.426. The first-order chi connectivity index (χ1) is 13.3. The number of imide groups is 1. The fourth-order valence-corrected chi connectivity index (χ4v) is 4.73. The summed E-state index contributed by atoms with van der Waals surface area (Å²) in [5.74, 6) is -2.09. The zero-order valence-electron chi connectivity index (χ0n) is 17.3. The third-order valence-corrected chi connectivity index (χ3v) is 6.21. The summed E-state index contributed by atoms with van der Waals surface area (Å²) in [5.41, 5.74) is 0.927. The van der Waals surface area contributed by atoms with Gasteiger partial charge in [0.15, 0.2) is 0 Å². The van der Waals surface area contributed by atoms with Crippen molar-refractivity contribution in [2.24, 2.45) is 11.8 Å². The number of benzene rings is 1. The van der Waals surface area contributed by atoms with Crippen LogP contribution in [0.15, 0.2) is 24.3 Å². The lowest BCUT2D eigenvalue weighted by atomic mass is 9.78. The normalized spacial score (nSPS) is 29.2. The first-order valence-corrected chi connectivity index (χ1v) is 9.98. The Hall–Kier alpha value is -2.41. The molecule has 2 heterocycles. The van der Waals surface area contributed by atoms with Crippen LogP contribution in [0.1, 0.15) is 38.8 Å². The number of quaternary nitrogens is 1. The van der Waals surface area contributed by atoms with Gasteiger partial charge < -0.3 is 15.0 Å². The molecular formula is C21H30N3O4+. The summed E-state index contributed by atoms with van der Waals surface area (Å²) in [5, 5.41) is 1.91. The summed E-state index contributed by atoms with van der Waals surface area (Å²) in [6, 6.07) is 7.66. The molecule has 2 amide bonds. The molecule has 0 radical (unpaired) electrons. The molecule has 0 saturated carbocycles. The van der Waals surface area contributed by atoms with Crippen LogP contribution in [0, 0.1) is 11.8 Å². The molecule has 0 aliphatic carbocycles. The first kappa shape index (κ1) is 20.3. The lowest BCUT2D eigenvalue weighted by Crippen LogP contribution is -2.98. The van der Waals surface area contributed by atoms with Crippen molar-refractivity contribution in [3.05, 3.63) is 29.8 Å². The van der Waals surface area contributed by atoms with E-state index in [-0.39, 0.29) is 24.5 Å². The molecule has 3 rings (SSSR count). The Balaban J connectivity index is 2.08. The van der Waals surface area contributed by atoms with Gasteiger partial charge in [0.2, 0.25) is 17.4 Å². The van der Waals surface area contributed by atoms with E-state index in [9.17, 15) is 14.4 Å². The largest absolute Gasteiger partial charge is 0.461 e. The molecule has 2 aliphatic rings. The van der Waals surface area contributed by atoms with Crippen molar-refractivity contribution in [2.75, 3.05) is 32.1 Å². The van der Waals surface area contributed by atoms with Crippen LogP contribution in [-0.2, 0) is 19.1 Å². The highest BCUT2D eigenvalue weighted by atomic mass is 16.5. The Morgan fingerprint density at radius 3 is 2.29 bits per heavy atom. The lowest BCUT2D eigenvalue weighted by Gasteiger charge is -2.28. The Kier molecular flexibility index (Phi) is 5.48. The van der Waals surface area contributed by atoms with Gasteiger partial charge in [0, 0.05) is 38.3 Å². The third-order valence-electron chi connectivity index (χ3n) is 6.21. The van der Waals surface area contributed by atoms with Crippen molar-refractivity contribution in [1.82, 2.24) is 4.90 Å². The number of esters is 1. The summed E-state index contributed by atoms with van der Waals surface area (Å²) < 4.78 is 5.36. The molecule has 1 aromatic carbocycles. The van der Waals surface area contributed by atoms with Crippen LogP contribution in [0.2, 0.25) is 0 Å². The number of hydrogen-bond donors (Lipinski definition) is 1. The van der Waals surface area contributed by atoms with E-state index < -0.39 is 23.3 Å². The number of likely N-dealkylation sites (tertiary alicyclic amines) is 1. The molecule has 0 bridgehead atoms. The van der Waals surface area contributed by atoms with Crippen LogP contribution in [0.5, 0.6) is 0 Å². The van der Waals surface area contributed by atoms with Gasteiger partial charge in [-0.3, -0.25) is 14.5 Å². The summed E-state index contributed by atoms with van der Waals surface area (Å²) >= 11 is 0. The van der Waals surface area contributed by atoms with Gasteiger partial charge in [0.05, 0.1) is 6.61 Å². The van der Waals surface area contributed by atoms with Gasteiger partial charge in [-0.05, 0) is 26.0 Å². The standard InChI is InChI=1S/C21H29N3O4/c1-6-21(20(27)28-8-3)16-15(18(25)24(7-2)19(16)26)17(22-21)13-9-11-14(12-10-13)23(4)5/h9-12,15-17,22H,6-8H2,1-5H3/p+1/t15-,16+,17-,21-/m0/s1. The minimum absolute atomic E-state index is 0.185. The average molecular weight is 388 g/mol. The molecule has 4 atom stereocenters. The van der Waals surface area contributed by atoms with Crippen LogP contribution in [0.4, 0.5) is 5.69 Å². The number of rotatable bonds is 6.